The summed E-state index contributed by atoms with van der Waals surface area (Å²) in [4.78, 5) is 12.4. The lowest BCUT2D eigenvalue weighted by Gasteiger charge is -2.07. The molecule has 2 rings (SSSR count). The monoisotopic (exact) mass is 342 g/mol. The Morgan fingerprint density at radius 3 is 2.50 bits per heavy atom. The fourth-order valence-corrected chi connectivity index (χ4v) is 2.39. The van der Waals surface area contributed by atoms with E-state index in [1.54, 1.807) is 24.3 Å². The summed E-state index contributed by atoms with van der Waals surface area (Å²) >= 11 is 15.3. The Morgan fingerprint density at radius 2 is 1.78 bits per heavy atom. The Balaban J connectivity index is 2.54. The molecule has 0 fully saturated rings. The van der Waals surface area contributed by atoms with Crippen molar-refractivity contribution in [3.63, 3.8) is 0 Å². The molecule has 92 valence electrons. The summed E-state index contributed by atoms with van der Waals surface area (Å²) in [5, 5.41) is 0.902. The minimum absolute atomic E-state index is 0.124. The molecule has 0 bridgehead atoms. The highest BCUT2D eigenvalue weighted by Crippen LogP contribution is 2.25. The van der Waals surface area contributed by atoms with Crippen LogP contribution in [0.1, 0.15) is 21.5 Å². The van der Waals surface area contributed by atoms with E-state index in [1.165, 1.54) is 0 Å². The van der Waals surface area contributed by atoms with Crippen LogP contribution < -0.4 is 0 Å². The predicted molar refractivity (Wildman–Crippen MR) is 78.8 cm³/mol. The van der Waals surface area contributed by atoms with Crippen molar-refractivity contribution in [2.45, 2.75) is 6.92 Å². The van der Waals surface area contributed by atoms with Crippen LogP contribution in [-0.4, -0.2) is 5.78 Å². The first-order valence-electron chi connectivity index (χ1n) is 5.25. The van der Waals surface area contributed by atoms with E-state index >= 15 is 0 Å². The summed E-state index contributed by atoms with van der Waals surface area (Å²) in [6.07, 6.45) is 0. The maximum atomic E-state index is 12.4. The average Bonchev–Trinajstić information content (AvgIpc) is 2.34. The predicted octanol–water partition coefficient (Wildman–Crippen LogP) is 5.30. The van der Waals surface area contributed by atoms with Crippen molar-refractivity contribution in [2.24, 2.45) is 0 Å². The summed E-state index contributed by atoms with van der Waals surface area (Å²) in [5.74, 6) is -0.124. The van der Waals surface area contributed by atoms with Crippen molar-refractivity contribution < 1.29 is 4.79 Å². The van der Waals surface area contributed by atoms with Crippen LogP contribution in [0.15, 0.2) is 40.9 Å². The third-order valence-corrected chi connectivity index (χ3v) is 3.68. The summed E-state index contributed by atoms with van der Waals surface area (Å²) < 4.78 is 0.856. The maximum Gasteiger partial charge on any atom is 0.194 e. The number of hydrogen-bond donors (Lipinski definition) is 0. The molecule has 4 heteroatoms. The van der Waals surface area contributed by atoms with Crippen LogP contribution in [0.3, 0.4) is 0 Å². The third-order valence-electron chi connectivity index (χ3n) is 2.62. The highest BCUT2D eigenvalue weighted by atomic mass is 79.9. The lowest BCUT2D eigenvalue weighted by molar-refractivity contribution is 0.103. The number of ketones is 1. The largest absolute Gasteiger partial charge is 0.289 e. The van der Waals surface area contributed by atoms with Crippen molar-refractivity contribution >= 4 is 44.9 Å². The van der Waals surface area contributed by atoms with Crippen molar-refractivity contribution in [1.29, 1.82) is 0 Å². The van der Waals surface area contributed by atoms with E-state index in [4.69, 9.17) is 23.2 Å². The summed E-state index contributed by atoms with van der Waals surface area (Å²) in [7, 11) is 0. The molecule has 0 aliphatic rings. The average molecular weight is 344 g/mol. The van der Waals surface area contributed by atoms with E-state index in [0.717, 1.165) is 10.0 Å². The van der Waals surface area contributed by atoms with Gasteiger partial charge in [-0.05, 0) is 42.8 Å². The van der Waals surface area contributed by atoms with Crippen LogP contribution in [0.25, 0.3) is 0 Å². The van der Waals surface area contributed by atoms with E-state index in [0.29, 0.717) is 21.2 Å². The van der Waals surface area contributed by atoms with Crippen LogP contribution in [0.5, 0.6) is 0 Å². The van der Waals surface area contributed by atoms with Crippen LogP contribution in [0, 0.1) is 6.92 Å². The van der Waals surface area contributed by atoms with Crippen LogP contribution in [0.4, 0.5) is 0 Å². The molecule has 0 heterocycles. The van der Waals surface area contributed by atoms with Crippen molar-refractivity contribution in [1.82, 2.24) is 0 Å². The number of carbonyl (C=O) groups is 1. The van der Waals surface area contributed by atoms with Gasteiger partial charge in [-0.1, -0.05) is 45.2 Å². The highest BCUT2D eigenvalue weighted by molar-refractivity contribution is 9.10. The van der Waals surface area contributed by atoms with Crippen LogP contribution >= 0.6 is 39.1 Å². The van der Waals surface area contributed by atoms with Gasteiger partial charge < -0.3 is 0 Å². The smallest absolute Gasteiger partial charge is 0.194 e. The van der Waals surface area contributed by atoms with Crippen LogP contribution in [0.2, 0.25) is 10.0 Å². The standard InChI is InChI=1S/C14H9BrCl2O/c1-8-2-3-9(15)6-11(8)14(18)12-7-10(16)4-5-13(12)17/h2-7H,1H3. The Labute approximate surface area is 124 Å². The van der Waals surface area contributed by atoms with Gasteiger partial charge in [-0.15, -0.1) is 0 Å². The number of halogens is 3. The topological polar surface area (TPSA) is 17.1 Å². The summed E-state index contributed by atoms with van der Waals surface area (Å²) in [6.45, 7) is 1.89. The Hall–Kier alpha value is -0.830. The molecule has 0 saturated heterocycles. The van der Waals surface area contributed by atoms with Gasteiger partial charge >= 0.3 is 0 Å². The van der Waals surface area contributed by atoms with Crippen molar-refractivity contribution in [3.05, 3.63) is 67.6 Å². The summed E-state index contributed by atoms with van der Waals surface area (Å²) in [5.41, 5.74) is 1.94. The number of rotatable bonds is 2. The fraction of sp³-hybridized carbons (Fsp3) is 0.0714. The molecule has 0 unspecified atom stereocenters. The fourth-order valence-electron chi connectivity index (χ4n) is 1.66. The highest BCUT2D eigenvalue weighted by Gasteiger charge is 2.15. The molecule has 2 aromatic carbocycles. The first-order chi connectivity index (χ1) is 8.49. The van der Waals surface area contributed by atoms with Gasteiger partial charge in [-0.25, -0.2) is 0 Å². The SMILES string of the molecule is Cc1ccc(Br)cc1C(=O)c1cc(Cl)ccc1Cl. The minimum Gasteiger partial charge on any atom is -0.289 e. The normalized spacial score (nSPS) is 10.4. The zero-order valence-electron chi connectivity index (χ0n) is 9.51. The molecule has 0 atom stereocenters. The molecule has 0 aliphatic carbocycles. The van der Waals surface area contributed by atoms with E-state index in [9.17, 15) is 4.79 Å². The molecule has 0 saturated carbocycles. The number of hydrogen-bond acceptors (Lipinski definition) is 1. The second-order valence-electron chi connectivity index (χ2n) is 3.91. The minimum atomic E-state index is -0.124. The quantitative estimate of drug-likeness (QED) is 0.676. The molecule has 0 amide bonds. The Morgan fingerprint density at radius 1 is 1.06 bits per heavy atom. The number of benzene rings is 2. The first-order valence-corrected chi connectivity index (χ1v) is 6.80. The Kier molecular flexibility index (Phi) is 4.10. The molecular weight excluding hydrogens is 335 g/mol. The lowest BCUT2D eigenvalue weighted by atomic mass is 9.99. The third kappa shape index (κ3) is 2.77. The first kappa shape index (κ1) is 13.6. The molecule has 0 aromatic heterocycles. The molecule has 0 N–H and O–H groups in total. The zero-order chi connectivity index (χ0) is 13.3. The van der Waals surface area contributed by atoms with E-state index in [2.05, 4.69) is 15.9 Å². The number of carbonyl (C=O) groups excluding carboxylic acids is 1. The van der Waals surface area contributed by atoms with Gasteiger partial charge in [0.15, 0.2) is 5.78 Å². The van der Waals surface area contributed by atoms with Gasteiger partial charge in [0.25, 0.3) is 0 Å². The number of aryl methyl sites for hydroxylation is 1. The van der Waals surface area contributed by atoms with Gasteiger partial charge in [0.05, 0.1) is 5.02 Å². The maximum absolute atomic E-state index is 12.4. The lowest BCUT2D eigenvalue weighted by Crippen LogP contribution is -2.04. The Bertz CT molecular complexity index is 570. The molecule has 0 aliphatic heterocycles. The summed E-state index contributed by atoms with van der Waals surface area (Å²) in [6, 6.07) is 10.4. The second-order valence-corrected chi connectivity index (χ2v) is 5.67. The molecule has 0 spiro atoms. The van der Waals surface area contributed by atoms with E-state index in [1.807, 2.05) is 19.1 Å². The molecule has 0 radical (unpaired) electrons. The molecule has 18 heavy (non-hydrogen) atoms. The van der Waals surface area contributed by atoms with Gasteiger partial charge in [-0.2, -0.15) is 0 Å². The van der Waals surface area contributed by atoms with Gasteiger partial charge in [0, 0.05) is 20.6 Å². The van der Waals surface area contributed by atoms with Crippen LogP contribution in [-0.2, 0) is 0 Å². The molecule has 1 nitrogen and oxygen atoms in total. The zero-order valence-corrected chi connectivity index (χ0v) is 12.6. The van der Waals surface area contributed by atoms with E-state index in [-0.39, 0.29) is 5.78 Å². The second kappa shape index (κ2) is 5.43. The van der Waals surface area contributed by atoms with Gasteiger partial charge in [-0.3, -0.25) is 4.79 Å². The van der Waals surface area contributed by atoms with E-state index < -0.39 is 0 Å². The van der Waals surface area contributed by atoms with Crippen molar-refractivity contribution in [3.8, 4) is 0 Å². The van der Waals surface area contributed by atoms with Gasteiger partial charge in [0.2, 0.25) is 0 Å². The van der Waals surface area contributed by atoms with Crippen molar-refractivity contribution in [2.75, 3.05) is 0 Å². The molecular formula is C14H9BrCl2O. The van der Waals surface area contributed by atoms with Gasteiger partial charge in [0.1, 0.15) is 0 Å². The molecule has 2 aromatic rings.